The number of aryl methyl sites for hydroxylation is 6. The van der Waals surface area contributed by atoms with Gasteiger partial charge >= 0.3 is 16.6 Å². The molecule has 286 valence electrons. The summed E-state index contributed by atoms with van der Waals surface area (Å²) in [5.74, 6) is -0.281. The molecular formula is C52H46O4Si2. The molecule has 0 atom stereocenters. The number of hydrogen-bond donors (Lipinski definition) is 0. The zero-order valence-corrected chi connectivity index (χ0v) is 35.8. The average Bonchev–Trinajstić information content (AvgIpc) is 3.23. The molecule has 58 heavy (non-hydrogen) atoms. The molecule has 0 aromatic heterocycles. The smallest absolute Gasteiger partial charge is 0.347 e. The highest BCUT2D eigenvalue weighted by Crippen LogP contribution is 2.33. The maximum Gasteiger partial charge on any atom is 0.347 e. The summed E-state index contributed by atoms with van der Waals surface area (Å²) in [6.45, 7) is 12.4. The van der Waals surface area contributed by atoms with Crippen LogP contribution < -0.4 is 35.5 Å². The summed E-state index contributed by atoms with van der Waals surface area (Å²) in [5.41, 5.74) is 7.27. The highest BCUT2D eigenvalue weighted by atomic mass is 28.4. The molecule has 0 bridgehead atoms. The monoisotopic (exact) mass is 790 g/mol. The van der Waals surface area contributed by atoms with E-state index >= 15 is 0 Å². The maximum atomic E-state index is 15.0. The molecule has 0 heterocycles. The fraction of sp³-hybridized carbons (Fsp3) is 0.115. The Morgan fingerprint density at radius 3 is 0.966 bits per heavy atom. The van der Waals surface area contributed by atoms with Crippen molar-refractivity contribution in [3.8, 4) is 5.75 Å². The molecule has 0 saturated heterocycles. The minimum atomic E-state index is -3.44. The lowest BCUT2D eigenvalue weighted by molar-refractivity contribution is 0.0945. The predicted molar refractivity (Wildman–Crippen MR) is 241 cm³/mol. The van der Waals surface area contributed by atoms with Gasteiger partial charge in [0.25, 0.3) is 0 Å². The van der Waals surface area contributed by atoms with Crippen molar-refractivity contribution in [1.82, 2.24) is 0 Å². The first-order valence-corrected chi connectivity index (χ1v) is 23.5. The molecule has 0 aliphatic heterocycles. The molecule has 0 unspecified atom stereocenters. The molecule has 1 aliphatic carbocycles. The standard InChI is InChI=1S/C52H46O4Si2/c1-35-10-22-41(23-11-35)57(42-24-12-36(2)13-25-42,43-26-14-37(3)15-27-43)55-49-9-7-8-47-51(49)48(53)34-50(52(47)54)56-58(44-28-16-38(4)17-29-44,45-30-18-39(5)19-31-45)46-32-20-40(6)21-33-46/h7-34H,1-6H3. The Kier molecular flexibility index (Phi) is 10.3. The minimum Gasteiger partial charge on any atom is -0.530 e. The van der Waals surface area contributed by atoms with E-state index in [9.17, 15) is 9.59 Å². The van der Waals surface area contributed by atoms with Crippen LogP contribution in [0.3, 0.4) is 0 Å². The lowest BCUT2D eigenvalue weighted by Crippen LogP contribution is -2.71. The van der Waals surface area contributed by atoms with E-state index in [0.29, 0.717) is 5.75 Å². The van der Waals surface area contributed by atoms with E-state index in [0.717, 1.165) is 64.5 Å². The first-order chi connectivity index (χ1) is 28.0. The second kappa shape index (κ2) is 15.5. The van der Waals surface area contributed by atoms with Crippen LogP contribution in [-0.2, 0) is 4.43 Å². The molecule has 7 aromatic carbocycles. The largest absolute Gasteiger partial charge is 0.530 e. The van der Waals surface area contributed by atoms with Gasteiger partial charge in [-0.05, 0) is 84.8 Å². The van der Waals surface area contributed by atoms with Crippen molar-refractivity contribution in [2.24, 2.45) is 0 Å². The van der Waals surface area contributed by atoms with Gasteiger partial charge in [0.2, 0.25) is 5.78 Å². The quantitative estimate of drug-likeness (QED) is 0.106. The van der Waals surface area contributed by atoms with Gasteiger partial charge in [-0.1, -0.05) is 185 Å². The first-order valence-electron chi connectivity index (χ1n) is 19.7. The van der Waals surface area contributed by atoms with E-state index in [2.05, 4.69) is 187 Å². The van der Waals surface area contributed by atoms with Gasteiger partial charge in [-0.3, -0.25) is 9.59 Å². The molecule has 0 N–H and O–H groups in total. The third-order valence-electron chi connectivity index (χ3n) is 11.3. The van der Waals surface area contributed by atoms with Crippen molar-refractivity contribution in [2.75, 3.05) is 0 Å². The zero-order chi connectivity index (χ0) is 40.6. The molecule has 8 rings (SSSR count). The van der Waals surface area contributed by atoms with Gasteiger partial charge in [-0.25, -0.2) is 0 Å². The van der Waals surface area contributed by atoms with Crippen LogP contribution in [0.5, 0.6) is 5.75 Å². The number of hydrogen-bond acceptors (Lipinski definition) is 4. The number of fused-ring (bicyclic) bond motifs is 1. The number of rotatable bonds is 10. The summed E-state index contributed by atoms with van der Waals surface area (Å²) in [6.07, 6.45) is 1.39. The first kappa shape index (κ1) is 38.5. The lowest BCUT2D eigenvalue weighted by Gasteiger charge is -2.36. The van der Waals surface area contributed by atoms with E-state index in [-0.39, 0.29) is 28.5 Å². The topological polar surface area (TPSA) is 52.6 Å². The van der Waals surface area contributed by atoms with Crippen LogP contribution in [0.2, 0.25) is 0 Å². The molecule has 0 spiro atoms. The fourth-order valence-electron chi connectivity index (χ4n) is 7.94. The van der Waals surface area contributed by atoms with Crippen molar-refractivity contribution in [1.29, 1.82) is 0 Å². The van der Waals surface area contributed by atoms with Gasteiger partial charge < -0.3 is 8.85 Å². The van der Waals surface area contributed by atoms with Crippen molar-refractivity contribution >= 4 is 59.3 Å². The Morgan fingerprint density at radius 2 is 0.655 bits per heavy atom. The molecule has 0 saturated carbocycles. The third kappa shape index (κ3) is 6.99. The Hall–Kier alpha value is -6.35. The number of allylic oxidation sites excluding steroid dienone is 2. The van der Waals surface area contributed by atoms with E-state index in [1.165, 1.54) is 6.08 Å². The van der Waals surface area contributed by atoms with E-state index in [4.69, 9.17) is 8.85 Å². The Labute approximate surface area is 343 Å². The fourth-order valence-corrected chi connectivity index (χ4v) is 15.4. The van der Waals surface area contributed by atoms with Gasteiger partial charge in [0.1, 0.15) is 5.75 Å². The molecule has 4 nitrogen and oxygen atoms in total. The number of carbonyl (C=O) groups is 2. The Balaban J connectivity index is 1.30. The summed E-state index contributed by atoms with van der Waals surface area (Å²) in [6, 6.07) is 55.9. The van der Waals surface area contributed by atoms with Gasteiger partial charge in [-0.2, -0.15) is 0 Å². The minimum absolute atomic E-state index is 0.0298. The predicted octanol–water partition coefficient (Wildman–Crippen LogP) is 7.53. The van der Waals surface area contributed by atoms with Crippen LogP contribution in [0.1, 0.15) is 54.1 Å². The van der Waals surface area contributed by atoms with Gasteiger partial charge in [0.15, 0.2) is 11.5 Å². The molecule has 0 fully saturated rings. The Morgan fingerprint density at radius 1 is 0.362 bits per heavy atom. The number of Topliss-reactive ketones (excluding diaryl/α,β-unsaturated/α-hetero) is 1. The van der Waals surface area contributed by atoms with Crippen LogP contribution in [0, 0.1) is 41.5 Å². The van der Waals surface area contributed by atoms with Crippen LogP contribution in [0.4, 0.5) is 0 Å². The zero-order valence-electron chi connectivity index (χ0n) is 33.8. The van der Waals surface area contributed by atoms with E-state index in [1.807, 2.05) is 12.1 Å². The number of ketones is 2. The Bertz CT molecular complexity index is 2440. The van der Waals surface area contributed by atoms with Crippen LogP contribution in [0.15, 0.2) is 176 Å². The molecule has 6 heteroatoms. The molecule has 1 aliphatic rings. The van der Waals surface area contributed by atoms with Crippen LogP contribution in [0.25, 0.3) is 0 Å². The summed E-state index contributed by atoms with van der Waals surface area (Å²) >= 11 is 0. The highest BCUT2D eigenvalue weighted by Gasteiger charge is 2.48. The van der Waals surface area contributed by atoms with E-state index < -0.39 is 16.6 Å². The SMILES string of the molecule is Cc1ccc([Si](OC2=CC(=O)c3c(O[Si](c4ccc(C)cc4)(c4ccc(C)cc4)c4ccc(C)cc4)cccc3C2=O)(c2ccc(C)cc2)c2ccc(C)cc2)cc1. The average molecular weight is 791 g/mol. The van der Waals surface area contributed by atoms with Crippen molar-refractivity contribution < 1.29 is 18.4 Å². The normalized spacial score (nSPS) is 12.8. The summed E-state index contributed by atoms with van der Waals surface area (Å²) in [4.78, 5) is 29.7. The summed E-state index contributed by atoms with van der Waals surface area (Å²) in [5, 5.41) is 6.01. The van der Waals surface area contributed by atoms with Gasteiger partial charge in [0.05, 0.1) is 5.56 Å². The molecule has 0 radical (unpaired) electrons. The van der Waals surface area contributed by atoms with E-state index in [1.54, 1.807) is 6.07 Å². The number of carbonyl (C=O) groups excluding carboxylic acids is 2. The van der Waals surface area contributed by atoms with Crippen molar-refractivity contribution in [3.05, 3.63) is 220 Å². The highest BCUT2D eigenvalue weighted by molar-refractivity contribution is 7.08. The van der Waals surface area contributed by atoms with Crippen molar-refractivity contribution in [3.63, 3.8) is 0 Å². The summed E-state index contributed by atoms with van der Waals surface area (Å²) < 4.78 is 14.8. The van der Waals surface area contributed by atoms with Gasteiger partial charge in [-0.15, -0.1) is 0 Å². The molecule has 0 amide bonds. The van der Waals surface area contributed by atoms with Crippen molar-refractivity contribution in [2.45, 2.75) is 41.5 Å². The molecular weight excluding hydrogens is 745 g/mol. The second-order valence-electron chi connectivity index (χ2n) is 15.6. The van der Waals surface area contributed by atoms with Crippen LogP contribution >= 0.6 is 0 Å². The summed E-state index contributed by atoms with van der Waals surface area (Å²) in [7, 11) is -6.79. The lowest BCUT2D eigenvalue weighted by atomic mass is 9.93. The third-order valence-corrected chi connectivity index (χ3v) is 19.2. The van der Waals surface area contributed by atoms with Gasteiger partial charge in [0, 0.05) is 11.6 Å². The molecule has 7 aromatic rings. The second-order valence-corrected chi connectivity index (χ2v) is 22.2. The number of benzene rings is 7. The van der Waals surface area contributed by atoms with Crippen LogP contribution in [-0.4, -0.2) is 28.2 Å². The maximum absolute atomic E-state index is 15.0.